The van der Waals surface area contributed by atoms with E-state index in [1.807, 2.05) is 0 Å². The summed E-state index contributed by atoms with van der Waals surface area (Å²) >= 11 is 0. The molecule has 2 atom stereocenters. The molecule has 0 aromatic heterocycles. The van der Waals surface area contributed by atoms with Crippen molar-refractivity contribution < 1.29 is 9.84 Å². The minimum atomic E-state index is -0.741. The van der Waals surface area contributed by atoms with E-state index in [0.717, 1.165) is 6.42 Å². The molecule has 66 valence electrons. The lowest BCUT2D eigenvalue weighted by molar-refractivity contribution is -0.195. The summed E-state index contributed by atoms with van der Waals surface area (Å²) in [6.45, 7) is 4.94. The monoisotopic (exact) mass is 159 g/mol. The summed E-state index contributed by atoms with van der Waals surface area (Å²) in [5.74, 6) is 0.365. The fourth-order valence-corrected chi connectivity index (χ4v) is 1.29. The minimum absolute atomic E-state index is 0.138. The molecule has 3 nitrogen and oxygen atoms in total. The van der Waals surface area contributed by atoms with Crippen LogP contribution in [-0.2, 0) is 4.74 Å². The molecule has 3 heteroatoms. The number of hydrogen-bond donors (Lipinski definition) is 2. The van der Waals surface area contributed by atoms with E-state index < -0.39 is 5.60 Å². The lowest BCUT2D eigenvalue weighted by Gasteiger charge is -2.43. The second-order valence-electron chi connectivity index (χ2n) is 3.51. The van der Waals surface area contributed by atoms with Crippen LogP contribution in [0.2, 0.25) is 0 Å². The molecule has 2 unspecified atom stereocenters. The van der Waals surface area contributed by atoms with Crippen molar-refractivity contribution in [1.29, 1.82) is 0 Å². The second kappa shape index (κ2) is 3.09. The zero-order valence-corrected chi connectivity index (χ0v) is 7.21. The first-order chi connectivity index (χ1) is 5.10. The fourth-order valence-electron chi connectivity index (χ4n) is 1.29. The largest absolute Gasteiger partial charge is 0.383 e. The number of hydrogen-bond acceptors (Lipinski definition) is 3. The maximum atomic E-state index is 9.73. The van der Waals surface area contributed by atoms with E-state index >= 15 is 0 Å². The first-order valence-electron chi connectivity index (χ1n) is 4.16. The van der Waals surface area contributed by atoms with E-state index in [4.69, 9.17) is 10.5 Å². The van der Waals surface area contributed by atoms with Gasteiger partial charge in [0.1, 0.15) is 5.60 Å². The zero-order valence-electron chi connectivity index (χ0n) is 7.21. The van der Waals surface area contributed by atoms with E-state index in [2.05, 4.69) is 13.8 Å². The van der Waals surface area contributed by atoms with Crippen molar-refractivity contribution >= 4 is 0 Å². The summed E-state index contributed by atoms with van der Waals surface area (Å²) in [6.07, 6.45) is 1.00. The van der Waals surface area contributed by atoms with Crippen LogP contribution in [-0.4, -0.2) is 30.0 Å². The van der Waals surface area contributed by atoms with Crippen molar-refractivity contribution in [2.24, 2.45) is 11.7 Å². The normalized spacial score (nSPS) is 27.3. The van der Waals surface area contributed by atoms with E-state index in [1.165, 1.54) is 0 Å². The summed E-state index contributed by atoms with van der Waals surface area (Å²) in [4.78, 5) is 0. The maximum absolute atomic E-state index is 9.73. The van der Waals surface area contributed by atoms with Crippen LogP contribution in [0.3, 0.4) is 0 Å². The number of ether oxygens (including phenoxy) is 1. The average Bonchev–Trinajstić information content (AvgIpc) is 1.97. The Morgan fingerprint density at radius 1 is 1.64 bits per heavy atom. The summed E-state index contributed by atoms with van der Waals surface area (Å²) in [7, 11) is 0. The predicted molar refractivity (Wildman–Crippen MR) is 43.2 cm³/mol. The molecule has 1 saturated heterocycles. The summed E-state index contributed by atoms with van der Waals surface area (Å²) in [5.41, 5.74) is 5.10. The highest BCUT2D eigenvalue weighted by Gasteiger charge is 2.43. The van der Waals surface area contributed by atoms with Gasteiger partial charge in [0.2, 0.25) is 0 Å². The molecule has 0 aliphatic carbocycles. The van der Waals surface area contributed by atoms with Gasteiger partial charge in [0.05, 0.1) is 13.2 Å². The third-order valence-electron chi connectivity index (χ3n) is 2.58. The third kappa shape index (κ3) is 1.55. The molecule has 0 bridgehead atoms. The number of nitrogens with two attached hydrogens (primary N) is 1. The van der Waals surface area contributed by atoms with Crippen molar-refractivity contribution in [3.05, 3.63) is 0 Å². The fraction of sp³-hybridized carbons (Fsp3) is 1.00. The Hall–Kier alpha value is -0.120. The SMILES string of the molecule is CCC(C)C(N)C1(O)COC1. The molecule has 0 saturated carbocycles. The van der Waals surface area contributed by atoms with Gasteiger partial charge in [-0.15, -0.1) is 0 Å². The van der Waals surface area contributed by atoms with E-state index in [-0.39, 0.29) is 6.04 Å². The molecule has 1 aliphatic heterocycles. The molecular weight excluding hydrogens is 142 g/mol. The zero-order chi connectivity index (χ0) is 8.48. The van der Waals surface area contributed by atoms with Gasteiger partial charge < -0.3 is 15.6 Å². The van der Waals surface area contributed by atoms with Gasteiger partial charge in [-0.2, -0.15) is 0 Å². The van der Waals surface area contributed by atoms with E-state index in [0.29, 0.717) is 19.1 Å². The van der Waals surface area contributed by atoms with Gasteiger partial charge in [-0.1, -0.05) is 20.3 Å². The lowest BCUT2D eigenvalue weighted by Crippen LogP contribution is -2.63. The Balaban J connectivity index is 2.45. The Bertz CT molecular complexity index is 134. The van der Waals surface area contributed by atoms with Crippen molar-refractivity contribution in [3.63, 3.8) is 0 Å². The van der Waals surface area contributed by atoms with Crippen molar-refractivity contribution in [2.75, 3.05) is 13.2 Å². The highest BCUT2D eigenvalue weighted by molar-refractivity contribution is 4.96. The summed E-state index contributed by atoms with van der Waals surface area (Å²) in [6, 6.07) is -0.138. The van der Waals surface area contributed by atoms with Gasteiger partial charge in [-0.3, -0.25) is 0 Å². The van der Waals surface area contributed by atoms with Crippen LogP contribution >= 0.6 is 0 Å². The highest BCUT2D eigenvalue weighted by Crippen LogP contribution is 2.25. The molecule has 0 aromatic carbocycles. The van der Waals surface area contributed by atoms with Gasteiger partial charge in [-0.25, -0.2) is 0 Å². The topological polar surface area (TPSA) is 55.5 Å². The number of rotatable bonds is 3. The minimum Gasteiger partial charge on any atom is -0.383 e. The Labute approximate surface area is 67.5 Å². The van der Waals surface area contributed by atoms with Gasteiger partial charge in [-0.05, 0) is 5.92 Å². The molecule has 11 heavy (non-hydrogen) atoms. The quantitative estimate of drug-likeness (QED) is 0.615. The maximum Gasteiger partial charge on any atom is 0.126 e. The van der Waals surface area contributed by atoms with Crippen LogP contribution in [0.5, 0.6) is 0 Å². The Morgan fingerprint density at radius 3 is 2.45 bits per heavy atom. The van der Waals surface area contributed by atoms with E-state index in [9.17, 15) is 5.11 Å². The van der Waals surface area contributed by atoms with Gasteiger partial charge in [0.15, 0.2) is 0 Å². The molecule has 1 heterocycles. The molecule has 0 aromatic rings. The number of aliphatic hydroxyl groups is 1. The average molecular weight is 159 g/mol. The standard InChI is InChI=1S/C8H17NO2/c1-3-6(2)7(9)8(10)4-11-5-8/h6-7,10H,3-5,9H2,1-2H3. The predicted octanol–water partition coefficient (Wildman–Crippen LogP) is 0.121. The first-order valence-corrected chi connectivity index (χ1v) is 4.16. The van der Waals surface area contributed by atoms with Gasteiger partial charge in [0, 0.05) is 6.04 Å². The smallest absolute Gasteiger partial charge is 0.126 e. The van der Waals surface area contributed by atoms with Crippen LogP contribution in [0.15, 0.2) is 0 Å². The highest BCUT2D eigenvalue weighted by atomic mass is 16.5. The molecule has 0 spiro atoms. The van der Waals surface area contributed by atoms with Crippen LogP contribution in [0, 0.1) is 5.92 Å². The first kappa shape index (κ1) is 8.97. The third-order valence-corrected chi connectivity index (χ3v) is 2.58. The molecule has 3 N–H and O–H groups in total. The van der Waals surface area contributed by atoms with Gasteiger partial charge in [0.25, 0.3) is 0 Å². The Kier molecular flexibility index (Phi) is 2.52. The molecular formula is C8H17NO2. The van der Waals surface area contributed by atoms with Crippen LogP contribution in [0.25, 0.3) is 0 Å². The summed E-state index contributed by atoms with van der Waals surface area (Å²) in [5, 5.41) is 9.73. The van der Waals surface area contributed by atoms with E-state index in [1.54, 1.807) is 0 Å². The lowest BCUT2D eigenvalue weighted by atomic mass is 9.83. The molecule has 1 rings (SSSR count). The molecule has 0 radical (unpaired) electrons. The molecule has 1 fully saturated rings. The summed E-state index contributed by atoms with van der Waals surface area (Å²) < 4.78 is 4.92. The van der Waals surface area contributed by atoms with Crippen molar-refractivity contribution in [3.8, 4) is 0 Å². The molecule has 0 amide bonds. The van der Waals surface area contributed by atoms with Crippen LogP contribution < -0.4 is 5.73 Å². The molecule has 1 aliphatic rings. The van der Waals surface area contributed by atoms with Crippen molar-refractivity contribution in [2.45, 2.75) is 31.9 Å². The Morgan fingerprint density at radius 2 is 2.18 bits per heavy atom. The second-order valence-corrected chi connectivity index (χ2v) is 3.51. The van der Waals surface area contributed by atoms with Crippen molar-refractivity contribution in [1.82, 2.24) is 0 Å². The van der Waals surface area contributed by atoms with Crippen LogP contribution in [0.4, 0.5) is 0 Å². The van der Waals surface area contributed by atoms with Gasteiger partial charge >= 0.3 is 0 Å². The van der Waals surface area contributed by atoms with Crippen LogP contribution in [0.1, 0.15) is 20.3 Å².